The Hall–Kier alpha value is -1.22. The molecule has 3 nitrogen and oxygen atoms in total. The summed E-state index contributed by atoms with van der Waals surface area (Å²) >= 11 is 0. The molecule has 0 radical (unpaired) electrons. The van der Waals surface area contributed by atoms with E-state index in [4.69, 9.17) is 4.74 Å². The molecule has 3 heteroatoms. The molecule has 0 spiro atoms. The average Bonchev–Trinajstić information content (AvgIpc) is 3.18. The Morgan fingerprint density at radius 2 is 2.18 bits per heavy atom. The summed E-state index contributed by atoms with van der Waals surface area (Å²) < 4.78 is 5.60. The van der Waals surface area contributed by atoms with Crippen molar-refractivity contribution in [1.29, 1.82) is 0 Å². The number of aryl methyl sites for hydroxylation is 1. The van der Waals surface area contributed by atoms with Crippen LogP contribution >= 0.6 is 0 Å². The second-order valence-corrected chi connectivity index (χ2v) is 4.93. The van der Waals surface area contributed by atoms with Crippen molar-refractivity contribution in [3.63, 3.8) is 0 Å². The SMILES string of the molecule is c1cc2c(cc1NCCNC1CC1)CCCO2. The van der Waals surface area contributed by atoms with Crippen LogP contribution in [0, 0.1) is 0 Å². The first-order valence-electron chi connectivity index (χ1n) is 6.65. The second-order valence-electron chi connectivity index (χ2n) is 4.93. The number of ether oxygens (including phenoxy) is 1. The molecule has 1 aromatic carbocycles. The molecule has 0 unspecified atom stereocenters. The van der Waals surface area contributed by atoms with Gasteiger partial charge >= 0.3 is 0 Å². The smallest absolute Gasteiger partial charge is 0.122 e. The molecular formula is C14H20N2O. The minimum atomic E-state index is 0.800. The van der Waals surface area contributed by atoms with Crippen molar-refractivity contribution in [1.82, 2.24) is 5.32 Å². The van der Waals surface area contributed by atoms with Gasteiger partial charge in [0.2, 0.25) is 0 Å². The van der Waals surface area contributed by atoms with Gasteiger partial charge in [0, 0.05) is 24.8 Å². The molecule has 2 N–H and O–H groups in total. The largest absolute Gasteiger partial charge is 0.493 e. The van der Waals surface area contributed by atoms with E-state index in [1.165, 1.54) is 24.1 Å². The van der Waals surface area contributed by atoms with Crippen molar-refractivity contribution in [2.75, 3.05) is 25.0 Å². The fourth-order valence-electron chi connectivity index (χ4n) is 2.24. The van der Waals surface area contributed by atoms with Crippen LogP contribution in [-0.4, -0.2) is 25.7 Å². The van der Waals surface area contributed by atoms with E-state index in [2.05, 4.69) is 28.8 Å². The van der Waals surface area contributed by atoms with Crippen molar-refractivity contribution in [3.05, 3.63) is 23.8 Å². The summed E-state index contributed by atoms with van der Waals surface area (Å²) in [5.74, 6) is 1.07. The number of hydrogen-bond acceptors (Lipinski definition) is 3. The third kappa shape index (κ3) is 2.91. The van der Waals surface area contributed by atoms with Crippen molar-refractivity contribution in [3.8, 4) is 5.75 Å². The Morgan fingerprint density at radius 3 is 3.06 bits per heavy atom. The highest BCUT2D eigenvalue weighted by Gasteiger charge is 2.19. The van der Waals surface area contributed by atoms with E-state index >= 15 is 0 Å². The monoisotopic (exact) mass is 232 g/mol. The summed E-state index contributed by atoms with van der Waals surface area (Å²) in [6.45, 7) is 2.92. The second kappa shape index (κ2) is 4.96. The van der Waals surface area contributed by atoms with Crippen molar-refractivity contribution < 1.29 is 4.74 Å². The molecule has 92 valence electrons. The lowest BCUT2D eigenvalue weighted by atomic mass is 10.1. The lowest BCUT2D eigenvalue weighted by Gasteiger charge is -2.18. The Balaban J connectivity index is 1.51. The molecule has 1 aliphatic carbocycles. The number of benzene rings is 1. The van der Waals surface area contributed by atoms with E-state index in [1.54, 1.807) is 0 Å². The van der Waals surface area contributed by atoms with Crippen LogP contribution in [0.5, 0.6) is 5.75 Å². The van der Waals surface area contributed by atoms with Gasteiger partial charge in [-0.25, -0.2) is 0 Å². The number of anilines is 1. The molecule has 0 aromatic heterocycles. The number of hydrogen-bond donors (Lipinski definition) is 2. The Bertz CT molecular complexity index is 388. The maximum absolute atomic E-state index is 5.60. The summed E-state index contributed by atoms with van der Waals surface area (Å²) in [5.41, 5.74) is 2.56. The molecule has 2 aliphatic rings. The van der Waals surface area contributed by atoms with Gasteiger partial charge in [0.05, 0.1) is 6.61 Å². The van der Waals surface area contributed by atoms with Crippen LogP contribution in [0.2, 0.25) is 0 Å². The predicted octanol–water partition coefficient (Wildman–Crippen LogP) is 2.18. The Morgan fingerprint density at radius 1 is 1.24 bits per heavy atom. The van der Waals surface area contributed by atoms with Gasteiger partial charge in [-0.2, -0.15) is 0 Å². The molecule has 17 heavy (non-hydrogen) atoms. The third-order valence-corrected chi connectivity index (χ3v) is 3.37. The van der Waals surface area contributed by atoms with Crippen LogP contribution in [0.25, 0.3) is 0 Å². The Kier molecular flexibility index (Phi) is 3.18. The van der Waals surface area contributed by atoms with E-state index in [9.17, 15) is 0 Å². The summed E-state index contributed by atoms with van der Waals surface area (Å²) in [7, 11) is 0. The van der Waals surface area contributed by atoms with E-state index in [1.807, 2.05) is 0 Å². The first kappa shape index (κ1) is 10.9. The highest BCUT2D eigenvalue weighted by molar-refractivity contribution is 5.51. The fourth-order valence-corrected chi connectivity index (χ4v) is 2.24. The standard InChI is InChI=1S/C14H20N2O/c1-2-11-10-13(5-6-14(11)17-9-1)16-8-7-15-12-3-4-12/h5-6,10,12,15-16H,1-4,7-9H2. The van der Waals surface area contributed by atoms with Gasteiger partial charge in [0.25, 0.3) is 0 Å². The van der Waals surface area contributed by atoms with Crippen LogP contribution in [0.3, 0.4) is 0 Å². The van der Waals surface area contributed by atoms with E-state index < -0.39 is 0 Å². The van der Waals surface area contributed by atoms with E-state index in [0.717, 1.165) is 44.3 Å². The molecule has 0 saturated heterocycles. The Labute approximate surface area is 103 Å². The lowest BCUT2D eigenvalue weighted by molar-refractivity contribution is 0.288. The lowest BCUT2D eigenvalue weighted by Crippen LogP contribution is -2.24. The number of fused-ring (bicyclic) bond motifs is 1. The van der Waals surface area contributed by atoms with Crippen molar-refractivity contribution in [2.45, 2.75) is 31.7 Å². The van der Waals surface area contributed by atoms with Gasteiger partial charge in [-0.05, 0) is 49.4 Å². The molecule has 1 heterocycles. The van der Waals surface area contributed by atoms with E-state index in [0.29, 0.717) is 0 Å². The van der Waals surface area contributed by atoms with Gasteiger partial charge in [0.15, 0.2) is 0 Å². The topological polar surface area (TPSA) is 33.3 Å². The van der Waals surface area contributed by atoms with Crippen molar-refractivity contribution >= 4 is 5.69 Å². The third-order valence-electron chi connectivity index (χ3n) is 3.37. The van der Waals surface area contributed by atoms with Crippen LogP contribution in [0.15, 0.2) is 18.2 Å². The van der Waals surface area contributed by atoms with Crippen molar-refractivity contribution in [2.24, 2.45) is 0 Å². The average molecular weight is 232 g/mol. The molecule has 0 bridgehead atoms. The molecule has 1 aromatic rings. The molecule has 1 saturated carbocycles. The number of nitrogens with one attached hydrogen (secondary N) is 2. The minimum absolute atomic E-state index is 0.800. The summed E-state index contributed by atoms with van der Waals surface area (Å²) in [4.78, 5) is 0. The van der Waals surface area contributed by atoms with Crippen LogP contribution < -0.4 is 15.4 Å². The summed E-state index contributed by atoms with van der Waals surface area (Å²) in [6.07, 6.45) is 5.00. The minimum Gasteiger partial charge on any atom is -0.493 e. The van der Waals surface area contributed by atoms with Gasteiger partial charge in [-0.1, -0.05) is 0 Å². The zero-order chi connectivity index (χ0) is 11.5. The molecular weight excluding hydrogens is 212 g/mol. The normalized spacial score (nSPS) is 18.4. The van der Waals surface area contributed by atoms with Crippen LogP contribution in [0.1, 0.15) is 24.8 Å². The molecule has 3 rings (SSSR count). The molecule has 1 fully saturated rings. The van der Waals surface area contributed by atoms with Gasteiger partial charge in [-0.15, -0.1) is 0 Å². The zero-order valence-electron chi connectivity index (χ0n) is 10.2. The first-order valence-corrected chi connectivity index (χ1v) is 6.65. The van der Waals surface area contributed by atoms with E-state index in [-0.39, 0.29) is 0 Å². The highest BCUT2D eigenvalue weighted by atomic mass is 16.5. The predicted molar refractivity (Wildman–Crippen MR) is 69.8 cm³/mol. The maximum Gasteiger partial charge on any atom is 0.122 e. The molecule has 0 amide bonds. The summed E-state index contributed by atoms with van der Waals surface area (Å²) in [5, 5.41) is 6.96. The first-order chi connectivity index (χ1) is 8.42. The number of rotatable bonds is 5. The van der Waals surface area contributed by atoms with Crippen LogP contribution in [-0.2, 0) is 6.42 Å². The quantitative estimate of drug-likeness (QED) is 0.763. The molecule has 1 aliphatic heterocycles. The zero-order valence-corrected chi connectivity index (χ0v) is 10.2. The summed E-state index contributed by atoms with van der Waals surface area (Å²) in [6, 6.07) is 7.23. The van der Waals surface area contributed by atoms with Gasteiger partial charge in [-0.3, -0.25) is 0 Å². The fraction of sp³-hybridized carbons (Fsp3) is 0.571. The van der Waals surface area contributed by atoms with Gasteiger partial charge < -0.3 is 15.4 Å². The van der Waals surface area contributed by atoms with Gasteiger partial charge in [0.1, 0.15) is 5.75 Å². The highest BCUT2D eigenvalue weighted by Crippen LogP contribution is 2.27. The molecule has 0 atom stereocenters. The van der Waals surface area contributed by atoms with Crippen LogP contribution in [0.4, 0.5) is 5.69 Å². The maximum atomic E-state index is 5.60.